The summed E-state index contributed by atoms with van der Waals surface area (Å²) >= 11 is 0. The van der Waals surface area contributed by atoms with E-state index in [4.69, 9.17) is 23.5 Å². The molecular formula is C35H62O12S. The van der Waals surface area contributed by atoms with E-state index >= 15 is 0 Å². The largest absolute Gasteiger partial charge is 0.457 e. The Balaban J connectivity index is 2.25. The van der Waals surface area contributed by atoms with E-state index in [2.05, 4.69) is 47.6 Å². The van der Waals surface area contributed by atoms with Crippen molar-refractivity contribution < 1.29 is 56.2 Å². The highest BCUT2D eigenvalue weighted by atomic mass is 32.3. The monoisotopic (exact) mass is 706 g/mol. The van der Waals surface area contributed by atoms with Crippen molar-refractivity contribution in [3.63, 3.8) is 0 Å². The number of rotatable bonds is 29. The molecule has 0 amide bonds. The van der Waals surface area contributed by atoms with Gasteiger partial charge in [-0.15, -0.1) is 0 Å². The van der Waals surface area contributed by atoms with E-state index in [0.29, 0.717) is 13.0 Å². The Bertz CT molecular complexity index is 1000. The first-order valence-electron chi connectivity index (χ1n) is 17.7. The molecule has 6 atom stereocenters. The maximum absolute atomic E-state index is 12.1. The van der Waals surface area contributed by atoms with Crippen LogP contribution in [0.5, 0.6) is 0 Å². The maximum Gasteiger partial charge on any atom is 0.397 e. The van der Waals surface area contributed by atoms with Crippen LogP contribution in [-0.2, 0) is 38.3 Å². The number of allylic oxidation sites excluding steroid dienone is 6. The van der Waals surface area contributed by atoms with Crippen molar-refractivity contribution in [2.45, 2.75) is 153 Å². The van der Waals surface area contributed by atoms with Gasteiger partial charge in [0.05, 0.1) is 19.8 Å². The summed E-state index contributed by atoms with van der Waals surface area (Å²) in [4.78, 5) is 12.1. The molecule has 1 fully saturated rings. The van der Waals surface area contributed by atoms with Gasteiger partial charge in [0.1, 0.15) is 30.5 Å². The Morgan fingerprint density at radius 1 is 0.792 bits per heavy atom. The van der Waals surface area contributed by atoms with E-state index in [-0.39, 0.29) is 19.6 Å². The first-order chi connectivity index (χ1) is 23.1. The van der Waals surface area contributed by atoms with Crippen LogP contribution in [0.15, 0.2) is 36.5 Å². The molecular weight excluding hydrogens is 644 g/mol. The Morgan fingerprint density at radius 3 is 1.96 bits per heavy atom. The van der Waals surface area contributed by atoms with Gasteiger partial charge in [-0.25, -0.2) is 4.18 Å². The van der Waals surface area contributed by atoms with Crippen molar-refractivity contribution in [3.05, 3.63) is 36.5 Å². The number of esters is 1. The smallest absolute Gasteiger partial charge is 0.397 e. The van der Waals surface area contributed by atoms with E-state index in [9.17, 15) is 28.5 Å². The van der Waals surface area contributed by atoms with E-state index in [1.807, 2.05) is 6.92 Å². The third-order valence-corrected chi connectivity index (χ3v) is 8.20. The molecule has 0 saturated carbocycles. The van der Waals surface area contributed by atoms with Gasteiger partial charge in [0.2, 0.25) is 0 Å². The number of carbonyl (C=O) groups is 1. The predicted molar refractivity (Wildman–Crippen MR) is 183 cm³/mol. The van der Waals surface area contributed by atoms with E-state index in [1.165, 1.54) is 51.4 Å². The number of hydrogen-bond acceptors (Lipinski definition) is 11. The fourth-order valence-electron chi connectivity index (χ4n) is 5.07. The second-order valence-electron chi connectivity index (χ2n) is 12.1. The minimum Gasteiger partial charge on any atom is -0.457 e. The number of unbranched alkanes of at least 4 members (excludes halogenated alkanes) is 10. The van der Waals surface area contributed by atoms with E-state index in [0.717, 1.165) is 38.5 Å². The molecule has 4 N–H and O–H groups in total. The molecule has 48 heavy (non-hydrogen) atoms. The van der Waals surface area contributed by atoms with Crippen LogP contribution in [0, 0.1) is 0 Å². The lowest BCUT2D eigenvalue weighted by Gasteiger charge is -2.41. The zero-order valence-electron chi connectivity index (χ0n) is 29.0. The highest BCUT2D eigenvalue weighted by Gasteiger charge is 2.48. The standard InChI is InChI=1S/C35H62O12S/c1-3-5-6-7-8-9-10-11-12-13-14-15-16-17-18-19-20-21-22-23-25-43-27-29(45-31(37)24-4-2)28-44-35-33(39)34(47-48(40,41)42)32(38)30(26-36)46-35/h8-9,11-12,14-15,29-30,32-36,38-39H,3-7,10,13,16-28H2,1-2H3,(H,40,41,42)/b9-8-,12-11-,15-14-. The summed E-state index contributed by atoms with van der Waals surface area (Å²) in [5.41, 5.74) is 0. The summed E-state index contributed by atoms with van der Waals surface area (Å²) in [5.74, 6) is -0.458. The van der Waals surface area contributed by atoms with Crippen molar-refractivity contribution in [2.75, 3.05) is 26.4 Å². The van der Waals surface area contributed by atoms with Crippen molar-refractivity contribution >= 4 is 16.4 Å². The number of aliphatic hydroxyl groups excluding tert-OH is 3. The van der Waals surface area contributed by atoms with E-state index in [1.54, 1.807) is 0 Å². The fraction of sp³-hybridized carbons (Fsp3) is 0.800. The number of hydrogen-bond donors (Lipinski definition) is 4. The van der Waals surface area contributed by atoms with Gasteiger partial charge >= 0.3 is 16.4 Å². The minimum absolute atomic E-state index is 0.0226. The van der Waals surface area contributed by atoms with Crippen molar-refractivity contribution in [3.8, 4) is 0 Å². The lowest BCUT2D eigenvalue weighted by Crippen LogP contribution is -2.60. The summed E-state index contributed by atoms with van der Waals surface area (Å²) in [6.07, 6.45) is 20.9. The topological polar surface area (TPSA) is 178 Å². The molecule has 1 rings (SSSR count). The highest BCUT2D eigenvalue weighted by Crippen LogP contribution is 2.26. The van der Waals surface area contributed by atoms with Crippen LogP contribution in [0.25, 0.3) is 0 Å². The molecule has 280 valence electrons. The van der Waals surface area contributed by atoms with Gasteiger partial charge in [0, 0.05) is 13.0 Å². The molecule has 1 saturated heterocycles. The fourth-order valence-corrected chi connectivity index (χ4v) is 5.58. The molecule has 0 aromatic heterocycles. The summed E-state index contributed by atoms with van der Waals surface area (Å²) in [5, 5.41) is 30.2. The quantitative estimate of drug-likeness (QED) is 0.0332. The summed E-state index contributed by atoms with van der Waals surface area (Å²) in [7, 11) is -5.04. The SMILES string of the molecule is CCCCC/C=C\C/C=C\C/C=C\CCCCCCCCCOCC(COC1OC(CO)C(O)C(OS(=O)(=O)O)C1O)OC(=O)CCC. The average Bonchev–Trinajstić information content (AvgIpc) is 3.04. The van der Waals surface area contributed by atoms with Gasteiger partial charge in [0.15, 0.2) is 6.29 Å². The second kappa shape index (κ2) is 28.1. The summed E-state index contributed by atoms with van der Waals surface area (Å²) < 4.78 is 57.9. The first kappa shape index (κ1) is 44.3. The molecule has 0 radical (unpaired) electrons. The predicted octanol–water partition coefficient (Wildman–Crippen LogP) is 5.51. The molecule has 0 aromatic rings. The normalized spacial score (nSPS) is 22.7. The molecule has 0 aromatic carbocycles. The van der Waals surface area contributed by atoms with Crippen molar-refractivity contribution in [1.82, 2.24) is 0 Å². The van der Waals surface area contributed by atoms with Crippen molar-refractivity contribution in [1.29, 1.82) is 0 Å². The van der Waals surface area contributed by atoms with Crippen LogP contribution in [0.3, 0.4) is 0 Å². The lowest BCUT2D eigenvalue weighted by molar-refractivity contribution is -0.301. The van der Waals surface area contributed by atoms with Gasteiger partial charge in [0.25, 0.3) is 0 Å². The molecule has 0 aliphatic carbocycles. The Hall–Kier alpha value is -1.68. The second-order valence-corrected chi connectivity index (χ2v) is 13.2. The molecule has 0 spiro atoms. The lowest BCUT2D eigenvalue weighted by atomic mass is 9.99. The molecule has 12 nitrogen and oxygen atoms in total. The van der Waals surface area contributed by atoms with E-state index < -0.39 is 59.8 Å². The minimum atomic E-state index is -5.04. The maximum atomic E-state index is 12.1. The Kier molecular flexibility index (Phi) is 25.9. The Morgan fingerprint density at radius 2 is 1.38 bits per heavy atom. The summed E-state index contributed by atoms with van der Waals surface area (Å²) in [6.45, 7) is 3.51. The molecule has 13 heteroatoms. The third kappa shape index (κ3) is 22.1. The Labute approximate surface area is 288 Å². The zero-order chi connectivity index (χ0) is 35.5. The van der Waals surface area contributed by atoms with Crippen LogP contribution in [0.1, 0.15) is 117 Å². The highest BCUT2D eigenvalue weighted by molar-refractivity contribution is 7.80. The zero-order valence-corrected chi connectivity index (χ0v) is 29.8. The van der Waals surface area contributed by atoms with Crippen LogP contribution < -0.4 is 0 Å². The van der Waals surface area contributed by atoms with Gasteiger partial charge < -0.3 is 34.3 Å². The number of ether oxygens (including phenoxy) is 4. The van der Waals surface area contributed by atoms with Gasteiger partial charge in [-0.05, 0) is 51.4 Å². The third-order valence-electron chi connectivity index (χ3n) is 7.74. The number of carbonyl (C=O) groups excluding carboxylic acids is 1. The average molecular weight is 707 g/mol. The molecule has 1 aliphatic heterocycles. The van der Waals surface area contributed by atoms with Crippen molar-refractivity contribution in [2.24, 2.45) is 0 Å². The van der Waals surface area contributed by atoms with Crippen LogP contribution in [0.2, 0.25) is 0 Å². The first-order valence-corrected chi connectivity index (χ1v) is 19.1. The van der Waals surface area contributed by atoms with Crippen LogP contribution in [-0.4, -0.2) is 97.5 Å². The van der Waals surface area contributed by atoms with Gasteiger partial charge in [-0.1, -0.05) is 95.2 Å². The van der Waals surface area contributed by atoms with Crippen LogP contribution in [0.4, 0.5) is 0 Å². The molecule has 0 bridgehead atoms. The number of aliphatic hydroxyl groups is 3. The molecule has 6 unspecified atom stereocenters. The molecule has 1 heterocycles. The van der Waals surface area contributed by atoms with Crippen LogP contribution >= 0.6 is 0 Å². The summed E-state index contributed by atoms with van der Waals surface area (Å²) in [6, 6.07) is 0. The van der Waals surface area contributed by atoms with Gasteiger partial charge in [-0.2, -0.15) is 8.42 Å². The molecule has 1 aliphatic rings. The van der Waals surface area contributed by atoms with Gasteiger partial charge in [-0.3, -0.25) is 9.35 Å².